The highest BCUT2D eigenvalue weighted by Gasteiger charge is 1.85. The molecule has 0 aromatic carbocycles. The van der Waals surface area contributed by atoms with Crippen LogP contribution in [0.1, 0.15) is 12.8 Å². The van der Waals surface area contributed by atoms with Gasteiger partial charge in [0, 0.05) is 0 Å². The van der Waals surface area contributed by atoms with Crippen molar-refractivity contribution in [1.82, 2.24) is 0 Å². The summed E-state index contributed by atoms with van der Waals surface area (Å²) in [6.45, 7) is 8.91. The zero-order valence-electron chi connectivity index (χ0n) is 6.92. The van der Waals surface area contributed by atoms with Gasteiger partial charge in [-0.25, -0.2) is 0 Å². The Morgan fingerprint density at radius 3 is 1.73 bits per heavy atom. The molecule has 2 nitrogen and oxygen atoms in total. The molecule has 0 spiro atoms. The third-order valence-electron chi connectivity index (χ3n) is 1.10. The second kappa shape index (κ2) is 9.40. The van der Waals surface area contributed by atoms with Crippen LogP contribution in [0.5, 0.6) is 0 Å². The summed E-state index contributed by atoms with van der Waals surface area (Å²) in [5.41, 5.74) is 0. The fourth-order valence-electron chi connectivity index (χ4n) is 0.510. The van der Waals surface area contributed by atoms with Crippen molar-refractivity contribution >= 4 is 0 Å². The third-order valence-corrected chi connectivity index (χ3v) is 1.10. The van der Waals surface area contributed by atoms with Gasteiger partial charge < -0.3 is 9.47 Å². The molecule has 0 fully saturated rings. The Labute approximate surface area is 68.5 Å². The first-order valence-electron chi connectivity index (χ1n) is 3.79. The Bertz CT molecular complexity index is 87.7. The number of hydrogen-bond donors (Lipinski definition) is 0. The predicted octanol–water partition coefficient (Wildman–Crippen LogP) is 2.13. The Hall–Kier alpha value is -0.600. The first-order chi connectivity index (χ1) is 5.41. The summed E-state index contributed by atoms with van der Waals surface area (Å²) in [4.78, 5) is 0. The van der Waals surface area contributed by atoms with Crippen LogP contribution in [-0.2, 0) is 9.47 Å². The van der Waals surface area contributed by atoms with Crippen molar-refractivity contribution in [3.8, 4) is 0 Å². The normalized spacial score (nSPS) is 9.45. The minimum Gasteiger partial charge on any atom is -0.355 e. The summed E-state index contributed by atoms with van der Waals surface area (Å²) in [5, 5.41) is 0. The van der Waals surface area contributed by atoms with E-state index in [1.54, 1.807) is 0 Å². The van der Waals surface area contributed by atoms with Crippen molar-refractivity contribution < 1.29 is 9.47 Å². The van der Waals surface area contributed by atoms with E-state index in [2.05, 4.69) is 13.2 Å². The molecular formula is C9H16O2. The zero-order valence-corrected chi connectivity index (χ0v) is 6.92. The summed E-state index contributed by atoms with van der Waals surface area (Å²) < 4.78 is 10.2. The summed E-state index contributed by atoms with van der Waals surface area (Å²) in [6, 6.07) is 0. The van der Waals surface area contributed by atoms with Crippen LogP contribution in [0, 0.1) is 0 Å². The molecule has 0 aliphatic rings. The number of hydrogen-bond acceptors (Lipinski definition) is 2. The molecule has 0 aromatic rings. The zero-order chi connectivity index (χ0) is 8.36. The van der Waals surface area contributed by atoms with E-state index >= 15 is 0 Å². The van der Waals surface area contributed by atoms with Crippen molar-refractivity contribution in [2.75, 3.05) is 20.0 Å². The molecule has 64 valence electrons. The number of ether oxygens (including phenoxy) is 2. The smallest absolute Gasteiger partial charge is 0.146 e. The van der Waals surface area contributed by atoms with E-state index in [0.29, 0.717) is 20.0 Å². The van der Waals surface area contributed by atoms with Crippen molar-refractivity contribution in [3.05, 3.63) is 25.3 Å². The molecule has 0 N–H and O–H groups in total. The lowest BCUT2D eigenvalue weighted by Crippen LogP contribution is -2.01. The second-order valence-corrected chi connectivity index (χ2v) is 2.09. The Morgan fingerprint density at radius 2 is 1.36 bits per heavy atom. The van der Waals surface area contributed by atoms with E-state index in [1.807, 2.05) is 12.2 Å². The molecule has 0 atom stereocenters. The van der Waals surface area contributed by atoms with Gasteiger partial charge in [0.25, 0.3) is 0 Å². The van der Waals surface area contributed by atoms with Gasteiger partial charge in [-0.1, -0.05) is 12.2 Å². The van der Waals surface area contributed by atoms with E-state index in [1.165, 1.54) is 0 Å². The van der Waals surface area contributed by atoms with Gasteiger partial charge in [0.2, 0.25) is 0 Å². The van der Waals surface area contributed by atoms with Crippen LogP contribution in [-0.4, -0.2) is 20.0 Å². The fraction of sp³-hybridized carbons (Fsp3) is 0.556. The van der Waals surface area contributed by atoms with Crippen LogP contribution >= 0.6 is 0 Å². The van der Waals surface area contributed by atoms with Crippen LogP contribution in [0.4, 0.5) is 0 Å². The van der Waals surface area contributed by atoms with Gasteiger partial charge in [-0.15, -0.1) is 13.2 Å². The van der Waals surface area contributed by atoms with Crippen LogP contribution in [0.15, 0.2) is 25.3 Å². The van der Waals surface area contributed by atoms with Crippen LogP contribution in [0.25, 0.3) is 0 Å². The van der Waals surface area contributed by atoms with Crippen LogP contribution in [0.2, 0.25) is 0 Å². The molecule has 0 aliphatic carbocycles. The lowest BCUT2D eigenvalue weighted by molar-refractivity contribution is -0.0506. The summed E-state index contributed by atoms with van der Waals surface area (Å²) in [6.07, 6.45) is 5.41. The SMILES string of the molecule is C=CCCOCOCCC=C. The topological polar surface area (TPSA) is 18.5 Å². The van der Waals surface area contributed by atoms with E-state index in [-0.39, 0.29) is 0 Å². The fourth-order valence-corrected chi connectivity index (χ4v) is 0.510. The number of rotatable bonds is 8. The Morgan fingerprint density at radius 1 is 0.909 bits per heavy atom. The molecule has 0 saturated carbocycles. The van der Waals surface area contributed by atoms with Crippen molar-refractivity contribution in [3.63, 3.8) is 0 Å². The van der Waals surface area contributed by atoms with Crippen molar-refractivity contribution in [1.29, 1.82) is 0 Å². The van der Waals surface area contributed by atoms with Crippen molar-refractivity contribution in [2.45, 2.75) is 12.8 Å². The minimum absolute atomic E-state index is 0.377. The Balaban J connectivity index is 2.79. The standard InChI is InChI=1S/C9H16O2/c1-3-5-7-10-9-11-8-6-4-2/h3-4H,1-2,5-9H2. The third kappa shape index (κ3) is 9.40. The quantitative estimate of drug-likeness (QED) is 0.304. The molecule has 0 aliphatic heterocycles. The summed E-state index contributed by atoms with van der Waals surface area (Å²) in [7, 11) is 0. The molecule has 0 rings (SSSR count). The first-order valence-corrected chi connectivity index (χ1v) is 3.79. The molecule has 0 unspecified atom stereocenters. The highest BCUT2D eigenvalue weighted by Crippen LogP contribution is 1.86. The van der Waals surface area contributed by atoms with E-state index in [0.717, 1.165) is 12.8 Å². The maximum absolute atomic E-state index is 5.09. The monoisotopic (exact) mass is 156 g/mol. The van der Waals surface area contributed by atoms with Gasteiger partial charge in [-0.2, -0.15) is 0 Å². The molecule has 0 amide bonds. The Kier molecular flexibility index (Phi) is 8.89. The predicted molar refractivity (Wildman–Crippen MR) is 46.4 cm³/mol. The van der Waals surface area contributed by atoms with Crippen LogP contribution < -0.4 is 0 Å². The van der Waals surface area contributed by atoms with Gasteiger partial charge in [0.05, 0.1) is 13.2 Å². The average molecular weight is 156 g/mol. The molecule has 0 aromatic heterocycles. The summed E-state index contributed by atoms with van der Waals surface area (Å²) in [5.74, 6) is 0. The molecule has 0 bridgehead atoms. The highest BCUT2D eigenvalue weighted by atomic mass is 16.7. The minimum atomic E-state index is 0.377. The molecule has 0 radical (unpaired) electrons. The van der Waals surface area contributed by atoms with E-state index in [9.17, 15) is 0 Å². The van der Waals surface area contributed by atoms with Crippen molar-refractivity contribution in [2.24, 2.45) is 0 Å². The molecular weight excluding hydrogens is 140 g/mol. The largest absolute Gasteiger partial charge is 0.355 e. The molecule has 0 saturated heterocycles. The summed E-state index contributed by atoms with van der Waals surface area (Å²) >= 11 is 0. The maximum atomic E-state index is 5.09. The van der Waals surface area contributed by atoms with E-state index < -0.39 is 0 Å². The molecule has 0 heterocycles. The van der Waals surface area contributed by atoms with Gasteiger partial charge >= 0.3 is 0 Å². The molecule has 11 heavy (non-hydrogen) atoms. The maximum Gasteiger partial charge on any atom is 0.146 e. The molecule has 2 heteroatoms. The van der Waals surface area contributed by atoms with Gasteiger partial charge in [0.1, 0.15) is 6.79 Å². The van der Waals surface area contributed by atoms with Gasteiger partial charge in [-0.05, 0) is 12.8 Å². The van der Waals surface area contributed by atoms with E-state index in [4.69, 9.17) is 9.47 Å². The van der Waals surface area contributed by atoms with Crippen LogP contribution in [0.3, 0.4) is 0 Å². The average Bonchev–Trinajstić information content (AvgIpc) is 2.03. The van der Waals surface area contributed by atoms with Gasteiger partial charge in [-0.3, -0.25) is 0 Å². The second-order valence-electron chi connectivity index (χ2n) is 2.09. The first kappa shape index (κ1) is 10.4. The highest BCUT2D eigenvalue weighted by molar-refractivity contribution is 4.65. The lowest BCUT2D eigenvalue weighted by atomic mass is 10.5. The lowest BCUT2D eigenvalue weighted by Gasteiger charge is -2.02. The van der Waals surface area contributed by atoms with Gasteiger partial charge in [0.15, 0.2) is 0 Å².